The van der Waals surface area contributed by atoms with E-state index in [0.717, 1.165) is 0 Å². The zero-order valence-corrected chi connectivity index (χ0v) is 11.4. The Bertz CT molecular complexity index is 827. The summed E-state index contributed by atoms with van der Waals surface area (Å²) < 4.78 is 7.91. The SMILES string of the molecule is [2H]c1nc(C(=O)CCC(=O)O)c(O)cc1-c1cccc(C#N)c1. The average molecular weight is 297 g/mol. The van der Waals surface area contributed by atoms with Gasteiger partial charge in [-0.05, 0) is 23.8 Å². The van der Waals surface area contributed by atoms with Gasteiger partial charge in [-0.3, -0.25) is 9.59 Å². The molecule has 6 nitrogen and oxygen atoms in total. The molecule has 6 heteroatoms. The molecule has 1 heterocycles. The van der Waals surface area contributed by atoms with Gasteiger partial charge in [0.25, 0.3) is 0 Å². The maximum atomic E-state index is 11.9. The van der Waals surface area contributed by atoms with Crippen LogP contribution < -0.4 is 0 Å². The Morgan fingerprint density at radius 2 is 2.05 bits per heavy atom. The predicted molar refractivity (Wildman–Crippen MR) is 77.3 cm³/mol. The van der Waals surface area contributed by atoms with E-state index in [2.05, 4.69) is 4.98 Å². The normalized spacial score (nSPS) is 10.6. The minimum Gasteiger partial charge on any atom is -0.506 e. The van der Waals surface area contributed by atoms with Gasteiger partial charge in [0, 0.05) is 18.2 Å². The number of nitrogens with zero attached hydrogens (tertiary/aromatic N) is 2. The maximum absolute atomic E-state index is 11.9. The number of rotatable bonds is 5. The van der Waals surface area contributed by atoms with Gasteiger partial charge in [-0.1, -0.05) is 12.1 Å². The van der Waals surface area contributed by atoms with Crippen LogP contribution in [0.15, 0.2) is 36.5 Å². The fraction of sp³-hybridized carbons (Fsp3) is 0.125. The Kier molecular flexibility index (Phi) is 4.07. The molecule has 1 aromatic carbocycles. The zero-order valence-electron chi connectivity index (χ0n) is 12.4. The van der Waals surface area contributed by atoms with E-state index in [1.165, 1.54) is 6.07 Å². The molecule has 110 valence electrons. The minimum absolute atomic E-state index is 0.239. The first kappa shape index (κ1) is 13.8. The Morgan fingerprint density at radius 1 is 1.27 bits per heavy atom. The van der Waals surface area contributed by atoms with Gasteiger partial charge in [0.1, 0.15) is 11.4 Å². The van der Waals surface area contributed by atoms with Crippen molar-refractivity contribution in [3.63, 3.8) is 0 Å². The van der Waals surface area contributed by atoms with E-state index in [9.17, 15) is 14.7 Å². The fourth-order valence-corrected chi connectivity index (χ4v) is 1.86. The van der Waals surface area contributed by atoms with Crippen molar-refractivity contribution in [2.24, 2.45) is 0 Å². The van der Waals surface area contributed by atoms with Crippen molar-refractivity contribution >= 4 is 11.8 Å². The summed E-state index contributed by atoms with van der Waals surface area (Å²) in [6.07, 6.45) is -0.922. The summed E-state index contributed by atoms with van der Waals surface area (Å²) in [7, 11) is 0. The van der Waals surface area contributed by atoms with Crippen LogP contribution in [0.4, 0.5) is 0 Å². The van der Waals surface area contributed by atoms with Gasteiger partial charge >= 0.3 is 5.97 Å². The number of benzene rings is 1. The number of hydrogen-bond acceptors (Lipinski definition) is 5. The lowest BCUT2D eigenvalue weighted by atomic mass is 10.0. The first-order valence-electron chi connectivity index (χ1n) is 6.88. The van der Waals surface area contributed by atoms with Crippen molar-refractivity contribution in [1.82, 2.24) is 4.98 Å². The molecule has 1 aromatic heterocycles. The first-order chi connectivity index (χ1) is 10.9. The number of carboxylic acids is 1. The van der Waals surface area contributed by atoms with E-state index in [0.29, 0.717) is 11.1 Å². The number of ketones is 1. The largest absolute Gasteiger partial charge is 0.506 e. The number of aromatic hydroxyl groups is 1. The molecular formula is C16H12N2O4. The average Bonchev–Trinajstić information content (AvgIpc) is 2.54. The summed E-state index contributed by atoms with van der Waals surface area (Å²) in [6.45, 7) is 0. The molecule has 0 aliphatic rings. The smallest absolute Gasteiger partial charge is 0.303 e. The Labute approximate surface area is 127 Å². The molecule has 0 spiro atoms. The number of carboxylic acid groups (broad SMARTS) is 1. The lowest BCUT2D eigenvalue weighted by Gasteiger charge is -2.06. The maximum Gasteiger partial charge on any atom is 0.303 e. The number of carbonyl (C=O) groups excluding carboxylic acids is 1. The first-order valence-corrected chi connectivity index (χ1v) is 6.38. The lowest BCUT2D eigenvalue weighted by Crippen LogP contribution is -2.06. The zero-order chi connectivity index (χ0) is 17.0. The van der Waals surface area contributed by atoms with Crippen LogP contribution in [0.3, 0.4) is 0 Å². The molecule has 0 aliphatic heterocycles. The summed E-state index contributed by atoms with van der Waals surface area (Å²) in [5.74, 6) is -2.20. The third-order valence-corrected chi connectivity index (χ3v) is 2.94. The minimum atomic E-state index is -1.13. The lowest BCUT2D eigenvalue weighted by molar-refractivity contribution is -0.136. The van der Waals surface area contributed by atoms with Gasteiger partial charge in [0.15, 0.2) is 5.78 Å². The van der Waals surface area contributed by atoms with Crippen molar-refractivity contribution in [3.8, 4) is 22.9 Å². The summed E-state index contributed by atoms with van der Waals surface area (Å²) in [5.41, 5.74) is 0.857. The monoisotopic (exact) mass is 297 g/mol. The van der Waals surface area contributed by atoms with Crippen LogP contribution in [0.25, 0.3) is 11.1 Å². The van der Waals surface area contributed by atoms with Gasteiger partial charge in [-0.2, -0.15) is 5.26 Å². The third-order valence-electron chi connectivity index (χ3n) is 2.94. The number of hydrogen-bond donors (Lipinski definition) is 2. The molecule has 0 radical (unpaired) electrons. The number of nitriles is 1. The molecule has 0 saturated heterocycles. The topological polar surface area (TPSA) is 111 Å². The Hall–Kier alpha value is -3.20. The van der Waals surface area contributed by atoms with Crippen molar-refractivity contribution < 1.29 is 21.2 Å². The van der Waals surface area contributed by atoms with Crippen LogP contribution in [-0.2, 0) is 4.79 Å². The van der Waals surface area contributed by atoms with E-state index in [-0.39, 0.29) is 30.3 Å². The van der Waals surface area contributed by atoms with Crippen LogP contribution >= 0.6 is 0 Å². The van der Waals surface area contributed by atoms with E-state index in [1.807, 2.05) is 6.07 Å². The molecule has 0 fully saturated rings. The molecule has 2 rings (SSSR count). The highest BCUT2D eigenvalue weighted by Gasteiger charge is 2.15. The molecule has 0 unspecified atom stereocenters. The van der Waals surface area contributed by atoms with Crippen LogP contribution in [0.1, 0.15) is 30.3 Å². The number of carbonyl (C=O) groups is 2. The number of aromatic nitrogens is 1. The van der Waals surface area contributed by atoms with Gasteiger partial charge in [-0.25, -0.2) is 4.98 Å². The van der Waals surface area contributed by atoms with Crippen molar-refractivity contribution in [2.75, 3.05) is 0 Å². The second kappa shape index (κ2) is 6.50. The number of Topliss-reactive ketones (excluding diaryl/α,β-unsaturated/α-hetero) is 1. The predicted octanol–water partition coefficient (Wildman–Crippen LogP) is 2.37. The molecule has 22 heavy (non-hydrogen) atoms. The molecule has 0 saturated carbocycles. The Morgan fingerprint density at radius 3 is 2.73 bits per heavy atom. The summed E-state index contributed by atoms with van der Waals surface area (Å²) in [5, 5.41) is 27.4. The molecular weight excluding hydrogens is 284 g/mol. The highest BCUT2D eigenvalue weighted by Crippen LogP contribution is 2.26. The third kappa shape index (κ3) is 3.46. The van der Waals surface area contributed by atoms with Gasteiger partial charge in [-0.15, -0.1) is 0 Å². The van der Waals surface area contributed by atoms with E-state index in [1.54, 1.807) is 24.3 Å². The van der Waals surface area contributed by atoms with E-state index in [4.69, 9.17) is 11.7 Å². The standard InChI is InChI=1S/C16H12N2O4/c17-8-10-2-1-3-11(6-10)12-7-14(20)16(18-9-12)13(19)4-5-15(21)22/h1-3,6-7,9,20H,4-5H2,(H,21,22)/i9D. The highest BCUT2D eigenvalue weighted by atomic mass is 16.4. The molecule has 2 N–H and O–H groups in total. The summed E-state index contributed by atoms with van der Waals surface area (Å²) >= 11 is 0. The van der Waals surface area contributed by atoms with Crippen molar-refractivity contribution in [3.05, 3.63) is 47.8 Å². The van der Waals surface area contributed by atoms with Crippen LogP contribution in [0.2, 0.25) is 0 Å². The summed E-state index contributed by atoms with van der Waals surface area (Å²) in [6, 6.07) is 9.63. The van der Waals surface area contributed by atoms with Crippen LogP contribution in [-0.4, -0.2) is 26.9 Å². The molecule has 0 atom stereocenters. The molecule has 2 aromatic rings. The summed E-state index contributed by atoms with van der Waals surface area (Å²) in [4.78, 5) is 26.1. The number of pyridine rings is 1. The van der Waals surface area contributed by atoms with Gasteiger partial charge in [0.2, 0.25) is 0 Å². The number of aliphatic carboxylic acids is 1. The molecule has 0 bridgehead atoms. The van der Waals surface area contributed by atoms with Crippen molar-refractivity contribution in [2.45, 2.75) is 12.8 Å². The quantitative estimate of drug-likeness (QED) is 0.819. The van der Waals surface area contributed by atoms with Crippen LogP contribution in [0.5, 0.6) is 5.75 Å². The van der Waals surface area contributed by atoms with Crippen LogP contribution in [0, 0.1) is 11.3 Å². The van der Waals surface area contributed by atoms with Gasteiger partial charge in [0.05, 0.1) is 19.4 Å². The molecule has 0 aliphatic carbocycles. The highest BCUT2D eigenvalue weighted by molar-refractivity contribution is 5.98. The second-order valence-electron chi connectivity index (χ2n) is 4.52. The Balaban J connectivity index is 2.39. The van der Waals surface area contributed by atoms with Gasteiger partial charge < -0.3 is 10.2 Å². The van der Waals surface area contributed by atoms with E-state index >= 15 is 0 Å². The fourth-order valence-electron chi connectivity index (χ4n) is 1.86. The van der Waals surface area contributed by atoms with Crippen molar-refractivity contribution in [1.29, 1.82) is 5.26 Å². The molecule has 0 amide bonds. The second-order valence-corrected chi connectivity index (χ2v) is 4.52. The van der Waals surface area contributed by atoms with E-state index < -0.39 is 17.5 Å².